The molecule has 0 aliphatic carbocycles. The van der Waals surface area contributed by atoms with Crippen LogP contribution in [-0.4, -0.2) is 59.8 Å². The van der Waals surface area contributed by atoms with Gasteiger partial charge in [-0.05, 0) is 24.3 Å². The lowest BCUT2D eigenvalue weighted by molar-refractivity contribution is -0.130. The Labute approximate surface area is 163 Å². The van der Waals surface area contributed by atoms with Gasteiger partial charge in [0.05, 0.1) is 6.54 Å². The predicted molar refractivity (Wildman–Crippen MR) is 102 cm³/mol. The second kappa shape index (κ2) is 8.77. The first-order valence-corrected chi connectivity index (χ1v) is 9.15. The number of aromatic nitrogens is 2. The van der Waals surface area contributed by atoms with Crippen LogP contribution in [-0.2, 0) is 4.79 Å². The number of nitrogens with zero attached hydrogens (tertiary/aromatic N) is 4. The molecule has 8 heteroatoms. The van der Waals surface area contributed by atoms with Crippen molar-refractivity contribution in [2.75, 3.05) is 32.1 Å². The molecule has 0 bridgehead atoms. The van der Waals surface area contributed by atoms with Gasteiger partial charge < -0.3 is 14.5 Å². The van der Waals surface area contributed by atoms with E-state index in [2.05, 4.69) is 9.97 Å². The van der Waals surface area contributed by atoms with E-state index < -0.39 is 5.82 Å². The van der Waals surface area contributed by atoms with Crippen molar-refractivity contribution in [3.63, 3.8) is 0 Å². The van der Waals surface area contributed by atoms with Gasteiger partial charge in [0, 0.05) is 57.9 Å². The van der Waals surface area contributed by atoms with Crippen molar-refractivity contribution in [2.45, 2.75) is 25.4 Å². The third-order valence-corrected chi connectivity index (χ3v) is 4.58. The molecule has 1 aliphatic heterocycles. The molecule has 3 rings (SSSR count). The number of hydrogen-bond donors (Lipinski definition) is 0. The van der Waals surface area contributed by atoms with E-state index in [4.69, 9.17) is 4.74 Å². The monoisotopic (exact) mass is 386 g/mol. The predicted octanol–water partition coefficient (Wildman–Crippen LogP) is 2.32. The van der Waals surface area contributed by atoms with Crippen LogP contribution in [0.3, 0.4) is 0 Å². The van der Waals surface area contributed by atoms with Crippen molar-refractivity contribution >= 4 is 17.5 Å². The Morgan fingerprint density at radius 1 is 1.18 bits per heavy atom. The number of hydrogen-bond acceptors (Lipinski definition) is 6. The summed E-state index contributed by atoms with van der Waals surface area (Å²) in [7, 11) is 3.72. The second-order valence-electron chi connectivity index (χ2n) is 6.88. The van der Waals surface area contributed by atoms with Crippen LogP contribution in [0, 0.1) is 5.82 Å². The van der Waals surface area contributed by atoms with Crippen molar-refractivity contribution in [1.29, 1.82) is 0 Å². The zero-order valence-electron chi connectivity index (χ0n) is 16.0. The first kappa shape index (κ1) is 19.7. The maximum absolute atomic E-state index is 12.9. The molecule has 1 saturated heterocycles. The van der Waals surface area contributed by atoms with Crippen LogP contribution < -0.4 is 9.64 Å². The molecule has 1 unspecified atom stereocenters. The third kappa shape index (κ3) is 4.82. The quantitative estimate of drug-likeness (QED) is 0.680. The summed E-state index contributed by atoms with van der Waals surface area (Å²) >= 11 is 0. The fourth-order valence-electron chi connectivity index (χ4n) is 3.08. The van der Waals surface area contributed by atoms with E-state index in [9.17, 15) is 14.0 Å². The molecule has 7 nitrogen and oxygen atoms in total. The third-order valence-electron chi connectivity index (χ3n) is 4.58. The molecule has 0 saturated carbocycles. The largest absolute Gasteiger partial charge is 0.470 e. The van der Waals surface area contributed by atoms with Crippen molar-refractivity contribution in [2.24, 2.45) is 0 Å². The number of carbonyl (C=O) groups excluding carboxylic acids is 2. The SMILES string of the molecule is CN(C)c1nccnc1OC1CCN(C(=O)CCC(=O)c2ccc(F)cc2)C1. The molecule has 1 aromatic carbocycles. The smallest absolute Gasteiger partial charge is 0.257 e. The van der Waals surface area contributed by atoms with Crippen LogP contribution in [0.2, 0.25) is 0 Å². The minimum absolute atomic E-state index is 0.0893. The van der Waals surface area contributed by atoms with Crippen LogP contribution in [0.1, 0.15) is 29.6 Å². The molecule has 28 heavy (non-hydrogen) atoms. The summed E-state index contributed by atoms with van der Waals surface area (Å²) in [6, 6.07) is 5.36. The molecule has 0 N–H and O–H groups in total. The van der Waals surface area contributed by atoms with Gasteiger partial charge in [0.15, 0.2) is 11.6 Å². The van der Waals surface area contributed by atoms with Gasteiger partial charge in [-0.15, -0.1) is 0 Å². The number of halogens is 1. The molecular weight excluding hydrogens is 363 g/mol. The van der Waals surface area contributed by atoms with Gasteiger partial charge >= 0.3 is 0 Å². The van der Waals surface area contributed by atoms with Gasteiger partial charge in [-0.3, -0.25) is 9.59 Å². The first-order valence-electron chi connectivity index (χ1n) is 9.15. The number of benzene rings is 1. The molecule has 148 valence electrons. The lowest BCUT2D eigenvalue weighted by atomic mass is 10.1. The molecule has 1 aromatic heterocycles. The fourth-order valence-corrected chi connectivity index (χ4v) is 3.08. The van der Waals surface area contributed by atoms with Gasteiger partial charge in [-0.2, -0.15) is 0 Å². The minimum Gasteiger partial charge on any atom is -0.470 e. The van der Waals surface area contributed by atoms with Crippen molar-refractivity contribution in [3.8, 4) is 5.88 Å². The maximum Gasteiger partial charge on any atom is 0.257 e. The molecule has 0 spiro atoms. The zero-order chi connectivity index (χ0) is 20.1. The molecule has 0 radical (unpaired) electrons. The van der Waals surface area contributed by atoms with Gasteiger partial charge in [0.25, 0.3) is 5.88 Å². The minimum atomic E-state index is -0.392. The first-order chi connectivity index (χ1) is 13.4. The van der Waals surface area contributed by atoms with Gasteiger partial charge in [-0.25, -0.2) is 14.4 Å². The Kier molecular flexibility index (Phi) is 6.18. The number of amides is 1. The average molecular weight is 386 g/mol. The van der Waals surface area contributed by atoms with E-state index in [0.29, 0.717) is 36.8 Å². The fraction of sp³-hybridized carbons (Fsp3) is 0.400. The normalized spacial score (nSPS) is 16.1. The van der Waals surface area contributed by atoms with Crippen molar-refractivity contribution in [3.05, 3.63) is 48.0 Å². The number of likely N-dealkylation sites (tertiary alicyclic amines) is 1. The Balaban J connectivity index is 1.50. The molecule has 2 heterocycles. The highest BCUT2D eigenvalue weighted by atomic mass is 19.1. The van der Waals surface area contributed by atoms with Gasteiger partial charge in [0.1, 0.15) is 11.9 Å². The van der Waals surface area contributed by atoms with E-state index in [1.54, 1.807) is 17.3 Å². The number of ether oxygens (including phenoxy) is 1. The van der Waals surface area contributed by atoms with Crippen LogP contribution in [0.25, 0.3) is 0 Å². The summed E-state index contributed by atoms with van der Waals surface area (Å²) in [6.07, 6.45) is 3.93. The van der Waals surface area contributed by atoms with Crippen molar-refractivity contribution < 1.29 is 18.7 Å². The highest BCUT2D eigenvalue weighted by Gasteiger charge is 2.29. The summed E-state index contributed by atoms with van der Waals surface area (Å²) in [6.45, 7) is 1.03. The van der Waals surface area contributed by atoms with Crippen LogP contribution in [0.4, 0.5) is 10.2 Å². The zero-order valence-corrected chi connectivity index (χ0v) is 16.0. The highest BCUT2D eigenvalue weighted by molar-refractivity contribution is 5.97. The van der Waals surface area contributed by atoms with E-state index in [1.807, 2.05) is 19.0 Å². The van der Waals surface area contributed by atoms with E-state index in [0.717, 1.165) is 0 Å². The lowest BCUT2D eigenvalue weighted by Crippen LogP contribution is -2.31. The summed E-state index contributed by atoms with van der Waals surface area (Å²) in [5.74, 6) is 0.427. The average Bonchev–Trinajstić information content (AvgIpc) is 3.15. The number of rotatable bonds is 7. The van der Waals surface area contributed by atoms with Crippen LogP contribution in [0.15, 0.2) is 36.7 Å². The Bertz CT molecular complexity index is 842. The van der Waals surface area contributed by atoms with E-state index >= 15 is 0 Å². The van der Waals surface area contributed by atoms with Crippen LogP contribution >= 0.6 is 0 Å². The number of anilines is 1. The molecule has 1 fully saturated rings. The van der Waals surface area contributed by atoms with Gasteiger partial charge in [0.2, 0.25) is 5.91 Å². The maximum atomic E-state index is 12.9. The standard InChI is InChI=1S/C20H23FN4O3/c1-24(2)19-20(23-11-10-22-19)28-16-9-12-25(13-16)18(27)8-7-17(26)14-3-5-15(21)6-4-14/h3-6,10-11,16H,7-9,12-13H2,1-2H3. The molecule has 2 aromatic rings. The summed E-state index contributed by atoms with van der Waals surface area (Å²) in [4.78, 5) is 36.6. The van der Waals surface area contributed by atoms with E-state index in [-0.39, 0.29) is 30.6 Å². The Hall–Kier alpha value is -3.03. The molecule has 1 amide bonds. The number of Topliss-reactive ketones (excluding diaryl/α,β-unsaturated/α-hetero) is 1. The number of ketones is 1. The van der Waals surface area contributed by atoms with Crippen LogP contribution in [0.5, 0.6) is 5.88 Å². The highest BCUT2D eigenvalue weighted by Crippen LogP contribution is 2.24. The Morgan fingerprint density at radius 2 is 1.89 bits per heavy atom. The summed E-state index contributed by atoms with van der Waals surface area (Å²) < 4.78 is 18.9. The molecule has 1 atom stereocenters. The Morgan fingerprint density at radius 3 is 2.61 bits per heavy atom. The number of carbonyl (C=O) groups is 2. The van der Waals surface area contributed by atoms with Crippen molar-refractivity contribution in [1.82, 2.24) is 14.9 Å². The summed E-state index contributed by atoms with van der Waals surface area (Å²) in [5.41, 5.74) is 0.413. The lowest BCUT2D eigenvalue weighted by Gasteiger charge is -2.19. The summed E-state index contributed by atoms with van der Waals surface area (Å²) in [5, 5.41) is 0. The topological polar surface area (TPSA) is 75.6 Å². The van der Waals surface area contributed by atoms with Gasteiger partial charge in [-0.1, -0.05) is 0 Å². The molecular formula is C20H23FN4O3. The second-order valence-corrected chi connectivity index (χ2v) is 6.88. The van der Waals surface area contributed by atoms with E-state index in [1.165, 1.54) is 24.3 Å². The molecule has 1 aliphatic rings.